The molecule has 2 aromatic carbocycles. The fraction of sp³-hybridized carbons (Fsp3) is 0.238. The van der Waals surface area contributed by atoms with E-state index in [0.29, 0.717) is 6.42 Å². The lowest BCUT2D eigenvalue weighted by molar-refractivity contribution is 0.492. The molecule has 0 amide bonds. The molecular weight excluding hydrogens is 380 g/mol. The van der Waals surface area contributed by atoms with Crippen molar-refractivity contribution in [2.45, 2.75) is 33.6 Å². The third kappa shape index (κ3) is 3.17. The second-order valence-corrected chi connectivity index (χ2v) is 11.5. The molecule has 0 aliphatic heterocycles. The Bertz CT molecular complexity index is 998. The average molecular weight is 403 g/mol. The van der Waals surface area contributed by atoms with E-state index in [9.17, 15) is 16.8 Å². The normalized spacial score (nSPS) is 19.9. The van der Waals surface area contributed by atoms with Crippen LogP contribution in [0.2, 0.25) is 0 Å². The maximum absolute atomic E-state index is 13.7. The molecule has 4 nitrogen and oxygen atoms in total. The van der Waals surface area contributed by atoms with Crippen molar-refractivity contribution >= 4 is 19.7 Å². The van der Waals surface area contributed by atoms with Gasteiger partial charge in [0.05, 0.1) is 9.79 Å². The Morgan fingerprint density at radius 2 is 1.33 bits per heavy atom. The van der Waals surface area contributed by atoms with Crippen molar-refractivity contribution in [2.24, 2.45) is 5.92 Å². The minimum absolute atomic E-state index is 0.00160. The summed E-state index contributed by atoms with van der Waals surface area (Å²) in [5, 5.41) is 0. The highest BCUT2D eigenvalue weighted by molar-refractivity contribution is 8.10. The minimum atomic E-state index is -4.22. The largest absolute Gasteiger partial charge is 0.222 e. The molecule has 1 aliphatic rings. The van der Waals surface area contributed by atoms with Crippen molar-refractivity contribution in [1.82, 2.24) is 0 Å². The Morgan fingerprint density at radius 3 is 1.74 bits per heavy atom. The first kappa shape index (κ1) is 19.6. The van der Waals surface area contributed by atoms with Crippen molar-refractivity contribution < 1.29 is 16.8 Å². The lowest BCUT2D eigenvalue weighted by atomic mass is 9.89. The lowest BCUT2D eigenvalue weighted by Crippen LogP contribution is -2.48. The smallest absolute Gasteiger partial charge is 0.202 e. The number of allylic oxidation sites excluding steroid dienone is 2. The zero-order valence-corrected chi connectivity index (χ0v) is 16.7. The molecule has 0 saturated heterocycles. The molecule has 3 rings (SSSR count). The van der Waals surface area contributed by atoms with Crippen LogP contribution < -0.4 is 0 Å². The number of rotatable bonds is 5. The van der Waals surface area contributed by atoms with Crippen LogP contribution in [0.4, 0.5) is 0 Å². The number of hydrogen-bond donors (Lipinski definition) is 0. The van der Waals surface area contributed by atoms with E-state index in [1.165, 1.54) is 30.3 Å². The topological polar surface area (TPSA) is 68.3 Å². The van der Waals surface area contributed by atoms with E-state index < -0.39 is 23.8 Å². The highest BCUT2D eigenvalue weighted by Gasteiger charge is 2.56. The zero-order chi connectivity index (χ0) is 19.7. The van der Waals surface area contributed by atoms with Crippen LogP contribution in [0.3, 0.4) is 0 Å². The van der Waals surface area contributed by atoms with Gasteiger partial charge in [-0.05, 0) is 56.0 Å². The Hall–Kier alpha value is -2.18. The summed E-state index contributed by atoms with van der Waals surface area (Å²) >= 11 is 0. The number of sulfone groups is 2. The van der Waals surface area contributed by atoms with E-state index in [1.54, 1.807) is 49.4 Å². The monoisotopic (exact) mass is 402 g/mol. The van der Waals surface area contributed by atoms with Crippen molar-refractivity contribution in [3.63, 3.8) is 0 Å². The van der Waals surface area contributed by atoms with E-state index in [0.717, 1.165) is 5.57 Å². The molecule has 1 unspecified atom stereocenters. The van der Waals surface area contributed by atoms with Crippen LogP contribution in [0.25, 0.3) is 0 Å². The van der Waals surface area contributed by atoms with Gasteiger partial charge in [0.2, 0.25) is 23.8 Å². The lowest BCUT2D eigenvalue weighted by Gasteiger charge is -2.36. The second kappa shape index (κ2) is 7.09. The van der Waals surface area contributed by atoms with Crippen LogP contribution in [0, 0.1) is 5.92 Å². The molecule has 6 heteroatoms. The predicted molar refractivity (Wildman–Crippen MR) is 107 cm³/mol. The fourth-order valence-corrected chi connectivity index (χ4v) is 8.77. The molecule has 0 heterocycles. The standard InChI is InChI=1S/C21H22O4S2/c1-3-18-14-17(2)15-21(16-18,26(22,23)19-10-6-4-7-11-19)27(24,25)20-12-8-5-9-13-20/h3-13,15,18H,1,14,16H2,2H3. The van der Waals surface area contributed by atoms with Gasteiger partial charge in [-0.25, -0.2) is 16.8 Å². The van der Waals surface area contributed by atoms with Gasteiger partial charge in [0, 0.05) is 0 Å². The molecular formula is C21H22O4S2. The van der Waals surface area contributed by atoms with Crippen molar-refractivity contribution in [3.8, 4) is 0 Å². The quantitative estimate of drug-likeness (QED) is 0.704. The second-order valence-electron chi connectivity index (χ2n) is 6.84. The van der Waals surface area contributed by atoms with Gasteiger partial charge in [0.25, 0.3) is 0 Å². The summed E-state index contributed by atoms with van der Waals surface area (Å²) in [6.45, 7) is 5.55. The summed E-state index contributed by atoms with van der Waals surface area (Å²) in [5.41, 5.74) is 0.727. The van der Waals surface area contributed by atoms with Crippen LogP contribution in [0.5, 0.6) is 0 Å². The fourth-order valence-electron chi connectivity index (χ4n) is 3.63. The Balaban J connectivity index is 2.36. The van der Waals surface area contributed by atoms with Crippen LogP contribution in [-0.4, -0.2) is 20.9 Å². The summed E-state index contributed by atoms with van der Waals surface area (Å²) in [7, 11) is -8.44. The summed E-state index contributed by atoms with van der Waals surface area (Å²) in [6.07, 6.45) is 3.62. The van der Waals surface area contributed by atoms with Gasteiger partial charge in [-0.15, -0.1) is 6.58 Å². The molecule has 2 aromatic rings. The minimum Gasteiger partial charge on any atom is -0.222 e. The number of hydrogen-bond acceptors (Lipinski definition) is 4. The van der Waals surface area contributed by atoms with Crippen molar-refractivity contribution in [3.05, 3.63) is 85.0 Å². The van der Waals surface area contributed by atoms with E-state index in [-0.39, 0.29) is 22.1 Å². The van der Waals surface area contributed by atoms with Gasteiger partial charge < -0.3 is 0 Å². The first-order chi connectivity index (χ1) is 12.7. The zero-order valence-electron chi connectivity index (χ0n) is 15.1. The average Bonchev–Trinajstić information content (AvgIpc) is 2.68. The Morgan fingerprint density at radius 1 is 0.889 bits per heavy atom. The van der Waals surface area contributed by atoms with Crippen molar-refractivity contribution in [1.29, 1.82) is 0 Å². The van der Waals surface area contributed by atoms with E-state index in [2.05, 4.69) is 6.58 Å². The van der Waals surface area contributed by atoms with Gasteiger partial charge >= 0.3 is 0 Å². The van der Waals surface area contributed by atoms with Gasteiger partial charge in [-0.2, -0.15) is 0 Å². The Kier molecular flexibility index (Phi) is 5.14. The molecule has 1 aliphatic carbocycles. The maximum atomic E-state index is 13.7. The molecule has 142 valence electrons. The van der Waals surface area contributed by atoms with Crippen LogP contribution >= 0.6 is 0 Å². The molecule has 0 N–H and O–H groups in total. The molecule has 1 atom stereocenters. The molecule has 27 heavy (non-hydrogen) atoms. The van der Waals surface area contributed by atoms with Crippen LogP contribution in [0.1, 0.15) is 19.8 Å². The van der Waals surface area contributed by atoms with Crippen molar-refractivity contribution in [2.75, 3.05) is 0 Å². The molecule has 0 bridgehead atoms. The summed E-state index contributed by atoms with van der Waals surface area (Å²) in [5.74, 6) is -0.244. The maximum Gasteiger partial charge on any atom is 0.202 e. The summed E-state index contributed by atoms with van der Waals surface area (Å²) in [4.78, 5) is -0.00321. The third-order valence-electron chi connectivity index (χ3n) is 4.95. The molecule has 0 spiro atoms. The van der Waals surface area contributed by atoms with Gasteiger partial charge in [0.1, 0.15) is 0 Å². The molecule has 0 fully saturated rings. The van der Waals surface area contributed by atoms with E-state index in [4.69, 9.17) is 0 Å². The van der Waals surface area contributed by atoms with E-state index >= 15 is 0 Å². The molecule has 0 aromatic heterocycles. The molecule has 0 saturated carbocycles. The van der Waals surface area contributed by atoms with E-state index in [1.807, 2.05) is 0 Å². The van der Waals surface area contributed by atoms with Gasteiger partial charge in [0.15, 0.2) is 0 Å². The summed E-state index contributed by atoms with van der Waals surface area (Å²) < 4.78 is 52.6. The highest BCUT2D eigenvalue weighted by atomic mass is 32.3. The molecule has 0 radical (unpaired) electrons. The SMILES string of the molecule is C=CC1CC(C)=CC(S(=O)(=O)c2ccccc2)(S(=O)(=O)c2ccccc2)C1. The third-order valence-corrected chi connectivity index (χ3v) is 10.4. The van der Waals surface area contributed by atoms with Crippen LogP contribution in [-0.2, 0) is 19.7 Å². The Labute approximate surface area is 161 Å². The number of benzene rings is 2. The first-order valence-corrected chi connectivity index (χ1v) is 11.6. The highest BCUT2D eigenvalue weighted by Crippen LogP contribution is 2.46. The first-order valence-electron chi connectivity index (χ1n) is 8.65. The van der Waals surface area contributed by atoms with Crippen LogP contribution in [0.15, 0.2) is 94.8 Å². The van der Waals surface area contributed by atoms with Gasteiger partial charge in [-0.3, -0.25) is 0 Å². The summed E-state index contributed by atoms with van der Waals surface area (Å²) in [6, 6.07) is 15.6. The van der Waals surface area contributed by atoms with Gasteiger partial charge in [-0.1, -0.05) is 48.0 Å². The predicted octanol–water partition coefficient (Wildman–Crippen LogP) is 4.17.